The number of hydrogen-bond acceptors (Lipinski definition) is 5. The molecule has 1 aliphatic carbocycles. The Hall–Kier alpha value is -1.51. The van der Waals surface area contributed by atoms with Crippen LogP contribution in [0.5, 0.6) is 0 Å². The maximum absolute atomic E-state index is 12.2. The molecule has 0 aliphatic heterocycles. The first-order chi connectivity index (χ1) is 9.23. The van der Waals surface area contributed by atoms with E-state index in [1.165, 1.54) is 12.1 Å². The second-order valence-corrected chi connectivity index (χ2v) is 6.98. The van der Waals surface area contributed by atoms with Gasteiger partial charge in [0.25, 0.3) is 5.69 Å². The highest BCUT2D eigenvalue weighted by atomic mass is 32.2. The monoisotopic (exact) mass is 299 g/mol. The predicted molar refractivity (Wildman–Crippen MR) is 73.8 cm³/mol. The largest absolute Gasteiger partial charge is 0.324 e. The molecule has 0 heterocycles. The predicted octanol–water partition coefficient (Wildman–Crippen LogP) is 1.06. The van der Waals surface area contributed by atoms with Crippen molar-refractivity contribution in [2.45, 2.75) is 36.6 Å². The van der Waals surface area contributed by atoms with E-state index in [1.54, 1.807) is 6.92 Å². The van der Waals surface area contributed by atoms with Crippen LogP contribution in [0.1, 0.15) is 24.8 Å². The Bertz CT molecular complexity index is 638. The number of benzene rings is 1. The Kier molecular flexibility index (Phi) is 3.81. The summed E-state index contributed by atoms with van der Waals surface area (Å²) in [6, 6.07) is 3.78. The van der Waals surface area contributed by atoms with Crippen molar-refractivity contribution in [3.63, 3.8) is 0 Å². The number of nitrogens with two attached hydrogens (primary N) is 1. The van der Waals surface area contributed by atoms with Crippen molar-refractivity contribution in [1.82, 2.24) is 4.72 Å². The lowest BCUT2D eigenvalue weighted by Gasteiger charge is -2.38. The Labute approximate surface area is 117 Å². The second-order valence-electron chi connectivity index (χ2n) is 5.25. The zero-order valence-electron chi connectivity index (χ0n) is 11.1. The number of hydrogen-bond donors (Lipinski definition) is 2. The summed E-state index contributed by atoms with van der Waals surface area (Å²) in [5, 5.41) is 10.7. The zero-order chi connectivity index (χ0) is 15.0. The Balaban J connectivity index is 2.24. The van der Waals surface area contributed by atoms with Crippen molar-refractivity contribution in [3.8, 4) is 0 Å². The van der Waals surface area contributed by atoms with Gasteiger partial charge in [0.1, 0.15) is 0 Å². The van der Waals surface area contributed by atoms with Gasteiger partial charge in [-0.15, -0.1) is 0 Å². The molecule has 0 aromatic heterocycles. The standard InChI is InChI=1S/C12H17N3O4S/c1-9-3-4-10(15(16)17)7-11(9)20(18,19)14-8-12(13)5-2-6-12/h3-4,7,14H,2,5-6,8,13H2,1H3. The molecule has 20 heavy (non-hydrogen) atoms. The van der Waals surface area contributed by atoms with Gasteiger partial charge in [-0.25, -0.2) is 13.1 Å². The first-order valence-electron chi connectivity index (χ1n) is 6.27. The summed E-state index contributed by atoms with van der Waals surface area (Å²) >= 11 is 0. The first kappa shape index (κ1) is 14.9. The lowest BCUT2D eigenvalue weighted by molar-refractivity contribution is -0.385. The number of non-ortho nitro benzene ring substituents is 1. The van der Waals surface area contributed by atoms with Gasteiger partial charge in [0.15, 0.2) is 0 Å². The van der Waals surface area contributed by atoms with Crippen molar-refractivity contribution in [3.05, 3.63) is 33.9 Å². The summed E-state index contributed by atoms with van der Waals surface area (Å²) in [6.45, 7) is 1.75. The Morgan fingerprint density at radius 1 is 1.45 bits per heavy atom. The minimum absolute atomic E-state index is 0.0744. The van der Waals surface area contributed by atoms with Gasteiger partial charge in [-0.05, 0) is 31.7 Å². The van der Waals surface area contributed by atoms with E-state index in [9.17, 15) is 18.5 Å². The van der Waals surface area contributed by atoms with E-state index in [-0.39, 0.29) is 17.1 Å². The normalized spacial score (nSPS) is 17.5. The molecule has 3 N–H and O–H groups in total. The molecule has 1 saturated carbocycles. The van der Waals surface area contributed by atoms with E-state index in [1.807, 2.05) is 0 Å². The lowest BCUT2D eigenvalue weighted by Crippen LogP contribution is -2.54. The van der Waals surface area contributed by atoms with Crippen LogP contribution < -0.4 is 10.5 Å². The molecule has 0 saturated heterocycles. The molecular weight excluding hydrogens is 282 g/mol. The molecule has 2 rings (SSSR count). The third-order valence-corrected chi connectivity index (χ3v) is 5.18. The van der Waals surface area contributed by atoms with Crippen LogP contribution in [0.15, 0.2) is 23.1 Å². The number of aryl methyl sites for hydroxylation is 1. The van der Waals surface area contributed by atoms with Gasteiger partial charge in [-0.3, -0.25) is 10.1 Å². The molecule has 7 nitrogen and oxygen atoms in total. The average Bonchev–Trinajstić information content (AvgIpc) is 2.34. The Morgan fingerprint density at radius 3 is 2.60 bits per heavy atom. The van der Waals surface area contributed by atoms with Crippen LogP contribution in [0.3, 0.4) is 0 Å². The fourth-order valence-electron chi connectivity index (χ4n) is 2.12. The molecule has 8 heteroatoms. The van der Waals surface area contributed by atoms with Gasteiger partial charge < -0.3 is 5.73 Å². The first-order valence-corrected chi connectivity index (χ1v) is 7.75. The van der Waals surface area contributed by atoms with Gasteiger partial charge in [-0.2, -0.15) is 0 Å². The van der Waals surface area contributed by atoms with Crippen LogP contribution in [0.25, 0.3) is 0 Å². The molecule has 1 aromatic rings. The molecule has 0 amide bonds. The van der Waals surface area contributed by atoms with E-state index in [0.717, 1.165) is 25.3 Å². The maximum Gasteiger partial charge on any atom is 0.270 e. The van der Waals surface area contributed by atoms with Crippen molar-refractivity contribution in [2.24, 2.45) is 5.73 Å². The van der Waals surface area contributed by atoms with Crippen LogP contribution >= 0.6 is 0 Å². The van der Waals surface area contributed by atoms with Crippen LogP contribution in [-0.4, -0.2) is 25.4 Å². The van der Waals surface area contributed by atoms with E-state index in [2.05, 4.69) is 4.72 Å². The summed E-state index contributed by atoms with van der Waals surface area (Å²) in [7, 11) is -3.79. The fraction of sp³-hybridized carbons (Fsp3) is 0.500. The molecule has 0 radical (unpaired) electrons. The van der Waals surface area contributed by atoms with Gasteiger partial charge in [-0.1, -0.05) is 6.07 Å². The number of sulfonamides is 1. The number of nitro groups is 1. The topological polar surface area (TPSA) is 115 Å². The highest BCUT2D eigenvalue weighted by Gasteiger charge is 2.34. The minimum atomic E-state index is -3.79. The zero-order valence-corrected chi connectivity index (χ0v) is 11.9. The number of nitrogens with one attached hydrogen (secondary N) is 1. The van der Waals surface area contributed by atoms with Crippen LogP contribution in [0.2, 0.25) is 0 Å². The fourth-order valence-corrected chi connectivity index (χ4v) is 3.52. The van der Waals surface area contributed by atoms with Crippen molar-refractivity contribution >= 4 is 15.7 Å². The molecule has 0 atom stereocenters. The van der Waals surface area contributed by atoms with E-state index in [0.29, 0.717) is 5.56 Å². The summed E-state index contributed by atoms with van der Waals surface area (Å²) in [5.41, 5.74) is 5.70. The minimum Gasteiger partial charge on any atom is -0.324 e. The third kappa shape index (κ3) is 2.97. The van der Waals surface area contributed by atoms with Gasteiger partial charge in [0, 0.05) is 24.2 Å². The van der Waals surface area contributed by atoms with Crippen molar-refractivity contribution < 1.29 is 13.3 Å². The van der Waals surface area contributed by atoms with Crippen LogP contribution in [0.4, 0.5) is 5.69 Å². The molecule has 1 aromatic carbocycles. The summed E-state index contributed by atoms with van der Waals surface area (Å²) in [6.07, 6.45) is 2.56. The second kappa shape index (κ2) is 5.12. The van der Waals surface area contributed by atoms with E-state index >= 15 is 0 Å². The molecule has 1 aliphatic rings. The average molecular weight is 299 g/mol. The van der Waals surface area contributed by atoms with E-state index < -0.39 is 20.5 Å². The highest BCUT2D eigenvalue weighted by Crippen LogP contribution is 2.29. The quantitative estimate of drug-likeness (QED) is 0.623. The summed E-state index contributed by atoms with van der Waals surface area (Å²) in [5.74, 6) is 0. The van der Waals surface area contributed by atoms with Gasteiger partial charge >= 0.3 is 0 Å². The molecule has 110 valence electrons. The molecule has 1 fully saturated rings. The number of rotatable bonds is 5. The van der Waals surface area contributed by atoms with Gasteiger partial charge in [0.05, 0.1) is 9.82 Å². The summed E-state index contributed by atoms with van der Waals surface area (Å²) < 4.78 is 26.9. The SMILES string of the molecule is Cc1ccc([N+](=O)[O-])cc1S(=O)(=O)NCC1(N)CCC1. The molecule has 0 unspecified atom stereocenters. The van der Waals surface area contributed by atoms with Crippen LogP contribution in [-0.2, 0) is 10.0 Å². The molecule has 0 spiro atoms. The number of nitro benzene ring substituents is 1. The van der Waals surface area contributed by atoms with Crippen molar-refractivity contribution in [2.75, 3.05) is 6.54 Å². The van der Waals surface area contributed by atoms with Crippen LogP contribution in [0, 0.1) is 17.0 Å². The smallest absolute Gasteiger partial charge is 0.270 e. The van der Waals surface area contributed by atoms with Crippen molar-refractivity contribution in [1.29, 1.82) is 0 Å². The molecule has 0 bridgehead atoms. The Morgan fingerprint density at radius 2 is 2.10 bits per heavy atom. The number of nitrogens with zero attached hydrogens (tertiary/aromatic N) is 1. The van der Waals surface area contributed by atoms with E-state index in [4.69, 9.17) is 5.73 Å². The third-order valence-electron chi connectivity index (χ3n) is 3.64. The lowest BCUT2D eigenvalue weighted by atomic mass is 9.78. The molecular formula is C12H17N3O4S. The highest BCUT2D eigenvalue weighted by molar-refractivity contribution is 7.89. The maximum atomic E-state index is 12.2. The summed E-state index contributed by atoms with van der Waals surface area (Å²) in [4.78, 5) is 10.0. The van der Waals surface area contributed by atoms with Gasteiger partial charge in [0.2, 0.25) is 10.0 Å².